The van der Waals surface area contributed by atoms with Gasteiger partial charge in [0.25, 0.3) is 0 Å². The molecule has 1 aromatic heterocycles. The Balaban J connectivity index is 0.00000289. The number of rotatable bonds is 7. The number of hydrogen-bond donors (Lipinski definition) is 2. The van der Waals surface area contributed by atoms with Crippen LogP contribution < -0.4 is 10.6 Å². The van der Waals surface area contributed by atoms with E-state index in [4.69, 9.17) is 0 Å². The van der Waals surface area contributed by atoms with E-state index in [2.05, 4.69) is 34.7 Å². The van der Waals surface area contributed by atoms with Gasteiger partial charge in [0.2, 0.25) is 11.0 Å². The summed E-state index contributed by atoms with van der Waals surface area (Å²) in [5.41, 5.74) is 0. The number of carbonyl (C=O) groups is 1. The van der Waals surface area contributed by atoms with E-state index in [-0.39, 0.29) is 18.3 Å². The summed E-state index contributed by atoms with van der Waals surface area (Å²) >= 11 is 1.46. The summed E-state index contributed by atoms with van der Waals surface area (Å²) in [6, 6.07) is 0. The van der Waals surface area contributed by atoms with E-state index < -0.39 is 0 Å². The summed E-state index contributed by atoms with van der Waals surface area (Å²) in [6.45, 7) is 5.12. The highest BCUT2D eigenvalue weighted by Crippen LogP contribution is 2.18. The van der Waals surface area contributed by atoms with Gasteiger partial charge in [-0.15, -0.1) is 22.6 Å². The number of amides is 1. The van der Waals surface area contributed by atoms with Crippen molar-refractivity contribution >= 4 is 34.8 Å². The number of nitrogens with one attached hydrogen (secondary N) is 2. The van der Waals surface area contributed by atoms with Gasteiger partial charge in [-0.05, 0) is 25.9 Å². The average Bonchev–Trinajstić information content (AvgIpc) is 2.64. The van der Waals surface area contributed by atoms with Gasteiger partial charge < -0.3 is 10.6 Å². The third kappa shape index (κ3) is 6.88. The van der Waals surface area contributed by atoms with Gasteiger partial charge in [0.1, 0.15) is 5.01 Å². The minimum atomic E-state index is 0. The zero-order chi connectivity index (χ0) is 12.7. The van der Waals surface area contributed by atoms with E-state index in [1.54, 1.807) is 0 Å². The second-order valence-corrected chi connectivity index (χ2v) is 5.42. The normalized spacial score (nSPS) is 10.2. The summed E-state index contributed by atoms with van der Waals surface area (Å²) < 4.78 is 0. The van der Waals surface area contributed by atoms with Gasteiger partial charge in [-0.3, -0.25) is 4.79 Å². The summed E-state index contributed by atoms with van der Waals surface area (Å²) in [5, 5.41) is 15.4. The van der Waals surface area contributed by atoms with E-state index in [1.165, 1.54) is 11.3 Å². The Morgan fingerprint density at radius 3 is 2.72 bits per heavy atom. The van der Waals surface area contributed by atoms with Crippen molar-refractivity contribution in [3.63, 3.8) is 0 Å². The Kier molecular flexibility index (Phi) is 8.87. The van der Waals surface area contributed by atoms with Crippen LogP contribution in [0.3, 0.4) is 0 Å². The van der Waals surface area contributed by atoms with Crippen molar-refractivity contribution in [1.82, 2.24) is 15.5 Å². The topological polar surface area (TPSA) is 66.9 Å². The first-order chi connectivity index (χ1) is 8.11. The first-order valence-electron chi connectivity index (χ1n) is 5.88. The van der Waals surface area contributed by atoms with Gasteiger partial charge in [0.05, 0.1) is 0 Å². The lowest BCUT2D eigenvalue weighted by molar-refractivity contribution is -0.116. The molecule has 0 saturated heterocycles. The molecule has 0 aliphatic rings. The van der Waals surface area contributed by atoms with Crippen LogP contribution in [-0.4, -0.2) is 29.7 Å². The SMILES string of the molecule is CNCCCC(=O)Nc1nnc(CC(C)C)s1.Cl. The van der Waals surface area contributed by atoms with Crippen LogP contribution in [0.2, 0.25) is 0 Å². The highest BCUT2D eigenvalue weighted by atomic mass is 35.5. The molecule has 0 aliphatic carbocycles. The van der Waals surface area contributed by atoms with Crippen LogP contribution in [-0.2, 0) is 11.2 Å². The van der Waals surface area contributed by atoms with Crippen LogP contribution in [0.1, 0.15) is 31.7 Å². The molecule has 104 valence electrons. The molecule has 1 rings (SSSR count). The highest BCUT2D eigenvalue weighted by molar-refractivity contribution is 7.15. The van der Waals surface area contributed by atoms with E-state index in [0.29, 0.717) is 17.5 Å². The third-order valence-electron chi connectivity index (χ3n) is 2.13. The molecule has 0 radical (unpaired) electrons. The zero-order valence-electron chi connectivity index (χ0n) is 11.0. The lowest BCUT2D eigenvalue weighted by atomic mass is 10.1. The predicted octanol–water partition coefficient (Wildman–Crippen LogP) is 2.10. The van der Waals surface area contributed by atoms with E-state index in [0.717, 1.165) is 24.4 Å². The first kappa shape index (κ1) is 17.3. The molecular formula is C11H21ClN4OS. The van der Waals surface area contributed by atoms with Crippen molar-refractivity contribution in [1.29, 1.82) is 0 Å². The minimum Gasteiger partial charge on any atom is -0.320 e. The number of nitrogens with zero attached hydrogens (tertiary/aromatic N) is 2. The van der Waals surface area contributed by atoms with Crippen LogP contribution in [0.25, 0.3) is 0 Å². The van der Waals surface area contributed by atoms with Gasteiger partial charge in [-0.1, -0.05) is 25.2 Å². The largest absolute Gasteiger partial charge is 0.320 e. The van der Waals surface area contributed by atoms with Gasteiger partial charge in [0.15, 0.2) is 0 Å². The summed E-state index contributed by atoms with van der Waals surface area (Å²) in [4.78, 5) is 11.5. The fraction of sp³-hybridized carbons (Fsp3) is 0.727. The number of anilines is 1. The third-order valence-corrected chi connectivity index (χ3v) is 2.99. The zero-order valence-corrected chi connectivity index (χ0v) is 12.7. The number of carbonyl (C=O) groups excluding carboxylic acids is 1. The smallest absolute Gasteiger partial charge is 0.226 e. The molecule has 1 aromatic rings. The molecule has 0 unspecified atom stereocenters. The summed E-state index contributed by atoms with van der Waals surface area (Å²) in [6.07, 6.45) is 2.26. The summed E-state index contributed by atoms with van der Waals surface area (Å²) in [5.74, 6) is 0.564. The van der Waals surface area contributed by atoms with E-state index in [9.17, 15) is 4.79 Å². The summed E-state index contributed by atoms with van der Waals surface area (Å²) in [7, 11) is 1.88. The standard InChI is InChI=1S/C11H20N4OS.ClH/c1-8(2)7-10-14-15-11(17-10)13-9(16)5-4-6-12-3;/h8,12H,4-7H2,1-3H3,(H,13,15,16);1H. The van der Waals surface area contributed by atoms with Crippen LogP contribution in [0.4, 0.5) is 5.13 Å². The van der Waals surface area contributed by atoms with Crippen LogP contribution in [0.15, 0.2) is 0 Å². The van der Waals surface area contributed by atoms with Crippen molar-refractivity contribution in [2.45, 2.75) is 33.1 Å². The average molecular weight is 293 g/mol. The molecule has 0 spiro atoms. The molecule has 0 fully saturated rings. The molecule has 1 amide bonds. The van der Waals surface area contributed by atoms with Crippen molar-refractivity contribution in [2.24, 2.45) is 5.92 Å². The highest BCUT2D eigenvalue weighted by Gasteiger charge is 2.08. The lowest BCUT2D eigenvalue weighted by Gasteiger charge is -2.00. The molecule has 1 heterocycles. The molecule has 5 nitrogen and oxygen atoms in total. The molecule has 0 aromatic carbocycles. The second kappa shape index (κ2) is 9.24. The molecule has 0 bridgehead atoms. The van der Waals surface area contributed by atoms with Crippen molar-refractivity contribution < 1.29 is 4.79 Å². The van der Waals surface area contributed by atoms with Crippen molar-refractivity contribution in [3.8, 4) is 0 Å². The molecular weight excluding hydrogens is 272 g/mol. The van der Waals surface area contributed by atoms with Crippen molar-refractivity contribution in [2.75, 3.05) is 18.9 Å². The van der Waals surface area contributed by atoms with Gasteiger partial charge in [-0.25, -0.2) is 0 Å². The maximum absolute atomic E-state index is 11.5. The Hall–Kier alpha value is -0.720. The van der Waals surface area contributed by atoms with Crippen LogP contribution >= 0.6 is 23.7 Å². The van der Waals surface area contributed by atoms with Crippen LogP contribution in [0, 0.1) is 5.92 Å². The molecule has 0 aliphatic heterocycles. The Morgan fingerprint density at radius 2 is 2.11 bits per heavy atom. The van der Waals surface area contributed by atoms with Gasteiger partial charge >= 0.3 is 0 Å². The quantitative estimate of drug-likeness (QED) is 0.755. The lowest BCUT2D eigenvalue weighted by Crippen LogP contribution is -2.15. The fourth-order valence-electron chi connectivity index (χ4n) is 1.34. The maximum Gasteiger partial charge on any atom is 0.226 e. The molecule has 7 heteroatoms. The Morgan fingerprint density at radius 1 is 1.39 bits per heavy atom. The number of aromatic nitrogens is 2. The molecule has 0 atom stereocenters. The Bertz CT molecular complexity index is 357. The van der Waals surface area contributed by atoms with Crippen molar-refractivity contribution in [3.05, 3.63) is 5.01 Å². The Labute approximate surface area is 118 Å². The molecule has 2 N–H and O–H groups in total. The monoisotopic (exact) mass is 292 g/mol. The first-order valence-corrected chi connectivity index (χ1v) is 6.70. The fourth-order valence-corrected chi connectivity index (χ4v) is 2.31. The van der Waals surface area contributed by atoms with Crippen LogP contribution in [0.5, 0.6) is 0 Å². The second-order valence-electron chi connectivity index (χ2n) is 4.35. The molecule has 0 saturated carbocycles. The van der Waals surface area contributed by atoms with E-state index in [1.807, 2.05) is 7.05 Å². The van der Waals surface area contributed by atoms with E-state index >= 15 is 0 Å². The number of halogens is 1. The van der Waals surface area contributed by atoms with Gasteiger partial charge in [0, 0.05) is 12.8 Å². The molecule has 18 heavy (non-hydrogen) atoms. The maximum atomic E-state index is 11.5. The number of hydrogen-bond acceptors (Lipinski definition) is 5. The minimum absolute atomic E-state index is 0. The predicted molar refractivity (Wildman–Crippen MR) is 77.5 cm³/mol. The van der Waals surface area contributed by atoms with Gasteiger partial charge in [-0.2, -0.15) is 0 Å².